The summed E-state index contributed by atoms with van der Waals surface area (Å²) in [5.74, 6) is -0.293. The average Bonchev–Trinajstić information content (AvgIpc) is 2.49. The van der Waals surface area contributed by atoms with Crippen LogP contribution in [0.4, 0.5) is 20.6 Å². The number of ether oxygens (including phenoxy) is 1. The van der Waals surface area contributed by atoms with Gasteiger partial charge in [-0.05, 0) is 26.8 Å². The monoisotopic (exact) mass is 340 g/mol. The summed E-state index contributed by atoms with van der Waals surface area (Å²) >= 11 is 0. The summed E-state index contributed by atoms with van der Waals surface area (Å²) in [4.78, 5) is 17.8. The normalized spacial score (nSPS) is 24.4. The van der Waals surface area contributed by atoms with Gasteiger partial charge in [-0.15, -0.1) is 0 Å². The molecule has 0 spiro atoms. The van der Waals surface area contributed by atoms with E-state index in [1.807, 2.05) is 4.90 Å². The summed E-state index contributed by atoms with van der Waals surface area (Å²) in [6.45, 7) is 7.78. The number of amides is 1. The molecule has 3 atom stereocenters. The molecule has 2 heterocycles. The molecule has 1 aromatic heterocycles. The molecule has 3 N–H and O–H groups in total. The first kappa shape index (κ1) is 18.3. The molecule has 1 aliphatic heterocycles. The Bertz CT molecular complexity index is 579. The fourth-order valence-corrected chi connectivity index (χ4v) is 2.79. The fourth-order valence-electron chi connectivity index (χ4n) is 2.79. The number of rotatable bonds is 3. The van der Waals surface area contributed by atoms with Gasteiger partial charge in [-0.25, -0.2) is 9.18 Å². The molecule has 0 bridgehead atoms. The van der Waals surface area contributed by atoms with Crippen molar-refractivity contribution in [2.75, 3.05) is 23.5 Å². The zero-order valence-electron chi connectivity index (χ0n) is 14.4. The molecular formula is C16H25FN4O3. The number of alkyl halides is 1. The van der Waals surface area contributed by atoms with E-state index >= 15 is 0 Å². The topological polar surface area (TPSA) is 86.7 Å². The van der Waals surface area contributed by atoms with E-state index in [-0.39, 0.29) is 12.5 Å². The lowest BCUT2D eigenvalue weighted by Crippen LogP contribution is -2.57. The van der Waals surface area contributed by atoms with E-state index < -0.39 is 23.9 Å². The smallest absolute Gasteiger partial charge is 0.408 e. The van der Waals surface area contributed by atoms with Gasteiger partial charge >= 0.3 is 6.09 Å². The Morgan fingerprint density at radius 1 is 1.46 bits per heavy atom. The van der Waals surface area contributed by atoms with Crippen LogP contribution in [0, 0.1) is 5.92 Å². The summed E-state index contributed by atoms with van der Waals surface area (Å²) in [6.07, 6.45) is 1.26. The number of alkyl carbamates (subject to hydrolysis) is 1. The van der Waals surface area contributed by atoms with E-state index in [2.05, 4.69) is 15.8 Å². The molecule has 2 rings (SSSR count). The summed E-state index contributed by atoms with van der Waals surface area (Å²) in [5, 5.41) is 11.8. The molecule has 0 aromatic carbocycles. The zero-order chi connectivity index (χ0) is 17.9. The standard InChI is InChI=1S/C16H25FN4O3/c1-10-8-21(13-5-6-18-7-11(13)20-23)9-12(14(10)17)19-15(22)24-16(2,3)4/h5-7,10,12,14,20,23H,8-9H2,1-4H3,(H,19,22)/t10-,12+,14+/m0/s1. The minimum atomic E-state index is -1.18. The van der Waals surface area contributed by atoms with E-state index in [0.717, 1.165) is 0 Å². The van der Waals surface area contributed by atoms with Gasteiger partial charge < -0.3 is 15.0 Å². The van der Waals surface area contributed by atoms with Crippen LogP contribution in [0.3, 0.4) is 0 Å². The maximum atomic E-state index is 14.5. The maximum Gasteiger partial charge on any atom is 0.408 e. The third kappa shape index (κ3) is 4.47. The molecule has 1 aromatic rings. The van der Waals surface area contributed by atoms with Crippen LogP contribution in [0.5, 0.6) is 0 Å². The van der Waals surface area contributed by atoms with Crippen molar-refractivity contribution in [3.63, 3.8) is 0 Å². The molecule has 0 saturated carbocycles. The lowest BCUT2D eigenvalue weighted by Gasteiger charge is -2.41. The Kier molecular flexibility index (Phi) is 5.48. The van der Waals surface area contributed by atoms with Gasteiger partial charge in [0.05, 0.1) is 17.9 Å². The lowest BCUT2D eigenvalue weighted by atomic mass is 9.93. The number of hydrogen-bond donors (Lipinski definition) is 3. The molecule has 0 aliphatic carbocycles. The highest BCUT2D eigenvalue weighted by Gasteiger charge is 2.37. The highest BCUT2D eigenvalue weighted by molar-refractivity contribution is 5.70. The average molecular weight is 340 g/mol. The molecule has 1 aliphatic rings. The predicted octanol–water partition coefficient (Wildman–Crippen LogP) is 2.57. The molecule has 7 nitrogen and oxygen atoms in total. The number of aromatic nitrogens is 1. The molecule has 1 saturated heterocycles. The second-order valence-electron chi connectivity index (χ2n) is 7.08. The van der Waals surface area contributed by atoms with E-state index in [4.69, 9.17) is 4.74 Å². The van der Waals surface area contributed by atoms with E-state index in [1.165, 1.54) is 6.20 Å². The van der Waals surface area contributed by atoms with Gasteiger partial charge in [-0.1, -0.05) is 6.92 Å². The second-order valence-corrected chi connectivity index (χ2v) is 7.08. The SMILES string of the molecule is C[C@H]1CN(c2ccncc2NO)C[C@@H](NC(=O)OC(C)(C)C)[C@@H]1F. The first-order valence-electron chi connectivity index (χ1n) is 7.94. The van der Waals surface area contributed by atoms with Gasteiger partial charge in [0.1, 0.15) is 17.5 Å². The quantitative estimate of drug-likeness (QED) is 0.733. The van der Waals surface area contributed by atoms with Crippen molar-refractivity contribution >= 4 is 17.5 Å². The van der Waals surface area contributed by atoms with E-state index in [0.29, 0.717) is 17.9 Å². The number of pyridine rings is 1. The second kappa shape index (κ2) is 7.21. The summed E-state index contributed by atoms with van der Waals surface area (Å²) in [5.41, 5.74) is 2.58. The van der Waals surface area contributed by atoms with E-state index in [9.17, 15) is 14.4 Å². The first-order chi connectivity index (χ1) is 11.2. The number of anilines is 2. The van der Waals surface area contributed by atoms with Gasteiger partial charge in [0.15, 0.2) is 0 Å². The van der Waals surface area contributed by atoms with Gasteiger partial charge in [-0.2, -0.15) is 0 Å². The van der Waals surface area contributed by atoms with Crippen molar-refractivity contribution in [1.29, 1.82) is 0 Å². The van der Waals surface area contributed by atoms with Crippen LogP contribution in [0.1, 0.15) is 27.7 Å². The largest absolute Gasteiger partial charge is 0.444 e. The maximum absolute atomic E-state index is 14.5. The highest BCUT2D eigenvalue weighted by atomic mass is 19.1. The van der Waals surface area contributed by atoms with Gasteiger partial charge in [0, 0.05) is 25.2 Å². The summed E-state index contributed by atoms with van der Waals surface area (Å²) in [6, 6.07) is 1.03. The van der Waals surface area contributed by atoms with Crippen molar-refractivity contribution in [3.8, 4) is 0 Å². The Balaban J connectivity index is 2.13. The Morgan fingerprint density at radius 2 is 2.17 bits per heavy atom. The van der Waals surface area contributed by atoms with E-state index in [1.54, 1.807) is 40.0 Å². The number of nitrogens with one attached hydrogen (secondary N) is 2. The van der Waals surface area contributed by atoms with Gasteiger partial charge in [-0.3, -0.25) is 15.7 Å². The third-order valence-corrected chi connectivity index (χ3v) is 3.81. The Labute approximate surface area is 141 Å². The molecule has 8 heteroatoms. The molecular weight excluding hydrogens is 315 g/mol. The van der Waals surface area contributed by atoms with Crippen LogP contribution in [-0.2, 0) is 4.74 Å². The van der Waals surface area contributed by atoms with Gasteiger partial charge in [0.2, 0.25) is 0 Å². The number of piperidine rings is 1. The number of halogens is 1. The minimum Gasteiger partial charge on any atom is -0.444 e. The van der Waals surface area contributed by atoms with Crippen LogP contribution >= 0.6 is 0 Å². The van der Waals surface area contributed by atoms with Crippen LogP contribution in [0.25, 0.3) is 0 Å². The summed E-state index contributed by atoms with van der Waals surface area (Å²) in [7, 11) is 0. The first-order valence-corrected chi connectivity index (χ1v) is 7.94. The van der Waals surface area contributed by atoms with Gasteiger partial charge in [0.25, 0.3) is 0 Å². The number of hydrogen-bond acceptors (Lipinski definition) is 6. The zero-order valence-corrected chi connectivity index (χ0v) is 14.4. The van der Waals surface area contributed by atoms with Crippen molar-refractivity contribution in [3.05, 3.63) is 18.5 Å². The number of nitrogens with zero attached hydrogens (tertiary/aromatic N) is 2. The lowest BCUT2D eigenvalue weighted by molar-refractivity contribution is 0.0442. The molecule has 134 valence electrons. The molecule has 1 fully saturated rings. The molecule has 0 radical (unpaired) electrons. The van der Waals surface area contributed by atoms with Crippen LogP contribution in [0.15, 0.2) is 18.5 Å². The molecule has 0 unspecified atom stereocenters. The van der Waals surface area contributed by atoms with Crippen molar-refractivity contribution in [1.82, 2.24) is 10.3 Å². The van der Waals surface area contributed by atoms with Crippen LogP contribution in [-0.4, -0.2) is 47.2 Å². The van der Waals surface area contributed by atoms with Crippen LogP contribution in [0.2, 0.25) is 0 Å². The molecule has 24 heavy (non-hydrogen) atoms. The van der Waals surface area contributed by atoms with Crippen molar-refractivity contribution in [2.24, 2.45) is 5.92 Å². The Morgan fingerprint density at radius 3 is 2.79 bits per heavy atom. The predicted molar refractivity (Wildman–Crippen MR) is 89.1 cm³/mol. The minimum absolute atomic E-state index is 0.267. The number of carbonyl (C=O) groups excluding carboxylic acids is 1. The van der Waals surface area contributed by atoms with Crippen LogP contribution < -0.4 is 15.7 Å². The summed E-state index contributed by atoms with van der Waals surface area (Å²) < 4.78 is 19.7. The Hall–Kier alpha value is -2.09. The highest BCUT2D eigenvalue weighted by Crippen LogP contribution is 2.30. The molecule has 1 amide bonds. The number of carbonyl (C=O) groups is 1. The fraction of sp³-hybridized carbons (Fsp3) is 0.625. The third-order valence-electron chi connectivity index (χ3n) is 3.81. The van der Waals surface area contributed by atoms with Crippen molar-refractivity contribution in [2.45, 2.75) is 45.5 Å². The van der Waals surface area contributed by atoms with Crippen molar-refractivity contribution < 1.29 is 19.1 Å².